The van der Waals surface area contributed by atoms with Crippen LogP contribution in [0.2, 0.25) is 0 Å². The fraction of sp³-hybridized carbons (Fsp3) is 0.467. The van der Waals surface area contributed by atoms with Gasteiger partial charge in [-0.1, -0.05) is 22.9 Å². The van der Waals surface area contributed by atoms with E-state index in [9.17, 15) is 15.2 Å². The van der Waals surface area contributed by atoms with Crippen molar-refractivity contribution < 1.29 is 14.6 Å². The number of benzene rings is 1. The van der Waals surface area contributed by atoms with Gasteiger partial charge in [0.25, 0.3) is 0 Å². The van der Waals surface area contributed by atoms with Crippen molar-refractivity contribution in [3.8, 4) is 6.07 Å². The van der Waals surface area contributed by atoms with Gasteiger partial charge in [-0.05, 0) is 24.6 Å². The van der Waals surface area contributed by atoms with Crippen LogP contribution in [-0.2, 0) is 9.53 Å². The summed E-state index contributed by atoms with van der Waals surface area (Å²) >= 11 is 3.36. The minimum absolute atomic E-state index is 0.221. The molecule has 0 radical (unpaired) electrons. The number of ether oxygens (including phenoxy) is 1. The van der Waals surface area contributed by atoms with Gasteiger partial charge in [0, 0.05) is 11.0 Å². The van der Waals surface area contributed by atoms with E-state index in [0.717, 1.165) is 16.6 Å². The molecule has 1 fully saturated rings. The summed E-state index contributed by atoms with van der Waals surface area (Å²) in [5, 5.41) is 18.7. The van der Waals surface area contributed by atoms with Gasteiger partial charge in [0.15, 0.2) is 0 Å². The van der Waals surface area contributed by atoms with Gasteiger partial charge in [0.1, 0.15) is 12.0 Å². The molecule has 1 aromatic carbocycles. The van der Waals surface area contributed by atoms with Crippen molar-refractivity contribution in [2.45, 2.75) is 19.4 Å². The molecule has 1 aliphatic heterocycles. The molecule has 1 saturated heterocycles. The second-order valence-corrected chi connectivity index (χ2v) is 5.93. The molecule has 0 spiro atoms. The summed E-state index contributed by atoms with van der Waals surface area (Å²) in [6.07, 6.45) is 0.865. The molecule has 1 heterocycles. The summed E-state index contributed by atoms with van der Waals surface area (Å²) in [6, 6.07) is 7.42. The highest BCUT2D eigenvalue weighted by molar-refractivity contribution is 9.10. The monoisotopic (exact) mass is 352 g/mol. The highest BCUT2D eigenvalue weighted by Crippen LogP contribution is 2.30. The van der Waals surface area contributed by atoms with Crippen LogP contribution >= 0.6 is 15.9 Å². The molecule has 112 valence electrons. The molecular weight excluding hydrogens is 336 g/mol. The maximum absolute atomic E-state index is 11.4. The summed E-state index contributed by atoms with van der Waals surface area (Å²) in [5.41, 5.74) is 1.30. The summed E-state index contributed by atoms with van der Waals surface area (Å²) in [7, 11) is 0. The Hall–Kier alpha value is -1.58. The van der Waals surface area contributed by atoms with Crippen molar-refractivity contribution in [1.82, 2.24) is 0 Å². The molecule has 0 saturated carbocycles. The van der Waals surface area contributed by atoms with Gasteiger partial charge in [0.05, 0.1) is 30.5 Å². The molecule has 0 amide bonds. The Bertz CT molecular complexity index is 571. The number of anilines is 1. The smallest absolute Gasteiger partial charge is 0.311 e. The van der Waals surface area contributed by atoms with E-state index in [1.165, 1.54) is 0 Å². The first-order valence-corrected chi connectivity index (χ1v) is 7.64. The average molecular weight is 353 g/mol. The van der Waals surface area contributed by atoms with Crippen LogP contribution in [0.4, 0.5) is 5.69 Å². The topological polar surface area (TPSA) is 73.6 Å². The van der Waals surface area contributed by atoms with Gasteiger partial charge < -0.3 is 14.7 Å². The molecule has 2 unspecified atom stereocenters. The number of carbonyl (C=O) groups is 1. The van der Waals surface area contributed by atoms with E-state index in [2.05, 4.69) is 22.0 Å². The van der Waals surface area contributed by atoms with E-state index in [1.54, 1.807) is 6.07 Å². The highest BCUT2D eigenvalue weighted by Gasteiger charge is 2.38. The number of nitrogens with zero attached hydrogens (tertiary/aromatic N) is 2. The van der Waals surface area contributed by atoms with Gasteiger partial charge in [-0.3, -0.25) is 4.79 Å². The van der Waals surface area contributed by atoms with E-state index >= 15 is 0 Å². The van der Waals surface area contributed by atoms with E-state index in [-0.39, 0.29) is 12.6 Å². The quantitative estimate of drug-likeness (QED) is 0.881. The number of nitriles is 1. The Balaban J connectivity index is 2.40. The lowest BCUT2D eigenvalue weighted by atomic mass is 10.00. The predicted molar refractivity (Wildman–Crippen MR) is 82.2 cm³/mol. The van der Waals surface area contributed by atoms with Crippen molar-refractivity contribution in [2.75, 3.05) is 24.7 Å². The highest BCUT2D eigenvalue weighted by atomic mass is 79.9. The molecule has 2 rings (SSSR count). The summed E-state index contributed by atoms with van der Waals surface area (Å²) in [6.45, 7) is 3.31. The Labute approximate surface area is 132 Å². The van der Waals surface area contributed by atoms with Crippen molar-refractivity contribution in [3.05, 3.63) is 28.2 Å². The van der Waals surface area contributed by atoms with Crippen LogP contribution in [0.1, 0.15) is 18.9 Å². The Morgan fingerprint density at radius 1 is 1.57 bits per heavy atom. The van der Waals surface area contributed by atoms with Gasteiger partial charge in [-0.2, -0.15) is 5.26 Å². The van der Waals surface area contributed by atoms with Crippen LogP contribution < -0.4 is 4.90 Å². The van der Waals surface area contributed by atoms with Crippen molar-refractivity contribution in [3.63, 3.8) is 0 Å². The number of rotatable bonds is 5. The van der Waals surface area contributed by atoms with Crippen molar-refractivity contribution in [1.29, 1.82) is 5.26 Å². The van der Waals surface area contributed by atoms with Crippen LogP contribution in [-0.4, -0.2) is 36.9 Å². The molecule has 5 nitrogen and oxygen atoms in total. The van der Waals surface area contributed by atoms with Crippen LogP contribution in [0.15, 0.2) is 22.7 Å². The fourth-order valence-corrected chi connectivity index (χ4v) is 3.00. The number of carboxylic acid groups (broad SMARTS) is 1. The lowest BCUT2D eigenvalue weighted by Crippen LogP contribution is -2.44. The van der Waals surface area contributed by atoms with Crippen molar-refractivity contribution in [2.24, 2.45) is 5.92 Å². The lowest BCUT2D eigenvalue weighted by molar-refractivity contribution is -0.141. The minimum atomic E-state index is -0.853. The molecule has 2 atom stereocenters. The summed E-state index contributed by atoms with van der Waals surface area (Å²) < 4.78 is 6.19. The van der Waals surface area contributed by atoms with Crippen molar-refractivity contribution >= 4 is 27.6 Å². The molecule has 0 aliphatic carbocycles. The van der Waals surface area contributed by atoms with Gasteiger partial charge in [-0.15, -0.1) is 0 Å². The normalized spacial score (nSPS) is 21.0. The van der Waals surface area contributed by atoms with E-state index in [1.807, 2.05) is 24.0 Å². The lowest BCUT2D eigenvalue weighted by Gasteiger charge is -2.33. The number of aliphatic carboxylic acids is 1. The minimum Gasteiger partial charge on any atom is -0.481 e. The van der Waals surface area contributed by atoms with Crippen LogP contribution in [0.5, 0.6) is 0 Å². The Morgan fingerprint density at radius 3 is 2.95 bits per heavy atom. The zero-order valence-corrected chi connectivity index (χ0v) is 13.3. The Morgan fingerprint density at radius 2 is 2.33 bits per heavy atom. The molecule has 21 heavy (non-hydrogen) atoms. The maximum atomic E-state index is 11.4. The zero-order valence-electron chi connectivity index (χ0n) is 11.8. The van der Waals surface area contributed by atoms with E-state index in [0.29, 0.717) is 18.7 Å². The summed E-state index contributed by atoms with van der Waals surface area (Å²) in [4.78, 5) is 13.4. The first-order valence-electron chi connectivity index (χ1n) is 6.85. The Kier molecular flexibility index (Phi) is 5.21. The SMILES string of the molecule is CCCN(c1ccc(Br)cc1C#N)C1COCC1C(=O)O. The van der Waals surface area contributed by atoms with E-state index < -0.39 is 11.9 Å². The van der Waals surface area contributed by atoms with E-state index in [4.69, 9.17) is 4.74 Å². The number of hydrogen-bond acceptors (Lipinski definition) is 4. The average Bonchev–Trinajstić information content (AvgIpc) is 2.94. The third-order valence-electron chi connectivity index (χ3n) is 3.62. The second-order valence-electron chi connectivity index (χ2n) is 5.02. The number of hydrogen-bond donors (Lipinski definition) is 1. The van der Waals surface area contributed by atoms with Crippen LogP contribution in [0.3, 0.4) is 0 Å². The molecule has 6 heteroatoms. The second kappa shape index (κ2) is 6.92. The zero-order chi connectivity index (χ0) is 15.4. The largest absolute Gasteiger partial charge is 0.481 e. The van der Waals surface area contributed by atoms with Gasteiger partial charge in [0.2, 0.25) is 0 Å². The molecular formula is C15H17BrN2O3. The third-order valence-corrected chi connectivity index (χ3v) is 4.11. The van der Waals surface area contributed by atoms with Crippen LogP contribution in [0.25, 0.3) is 0 Å². The molecule has 0 bridgehead atoms. The van der Waals surface area contributed by atoms with Gasteiger partial charge >= 0.3 is 5.97 Å². The fourth-order valence-electron chi connectivity index (χ4n) is 2.64. The first kappa shape index (κ1) is 15.8. The molecule has 1 aromatic rings. The third kappa shape index (κ3) is 3.36. The standard InChI is InChI=1S/C15H17BrN2O3/c1-2-5-18(14-9-21-8-12(14)15(19)20)13-4-3-11(16)6-10(13)7-17/h3-4,6,12,14H,2,5,8-9H2,1H3,(H,19,20). The summed E-state index contributed by atoms with van der Waals surface area (Å²) in [5.74, 6) is -1.42. The number of carboxylic acids is 1. The molecule has 0 aromatic heterocycles. The maximum Gasteiger partial charge on any atom is 0.311 e. The number of halogens is 1. The molecule has 1 aliphatic rings. The molecule has 1 N–H and O–H groups in total. The van der Waals surface area contributed by atoms with Crippen LogP contribution in [0, 0.1) is 17.2 Å². The first-order chi connectivity index (χ1) is 10.1. The predicted octanol–water partition coefficient (Wildman–Crippen LogP) is 2.64. The van der Waals surface area contributed by atoms with Gasteiger partial charge in [-0.25, -0.2) is 0 Å².